The number of fused-ring (bicyclic) bond motifs is 3. The summed E-state index contributed by atoms with van der Waals surface area (Å²) < 4.78 is 11.4. The molecular formula is C41H46N6O7. The number of primary amides is 1. The molecule has 0 fully saturated rings. The number of nitrogens with two attached hydrogens (primary N) is 1. The fourth-order valence-electron chi connectivity index (χ4n) is 6.39. The average Bonchev–Trinajstić information content (AvgIpc) is 3.48. The Morgan fingerprint density at radius 2 is 1.37 bits per heavy atom. The van der Waals surface area contributed by atoms with E-state index in [9.17, 15) is 24.0 Å². The predicted molar refractivity (Wildman–Crippen MR) is 204 cm³/mol. The van der Waals surface area contributed by atoms with Gasteiger partial charge in [-0.25, -0.2) is 14.4 Å². The molecule has 0 heterocycles. The van der Waals surface area contributed by atoms with Gasteiger partial charge in [0.1, 0.15) is 18.7 Å². The Labute approximate surface area is 314 Å². The number of anilines is 1. The van der Waals surface area contributed by atoms with Crippen molar-refractivity contribution in [3.05, 3.63) is 125 Å². The zero-order valence-electron chi connectivity index (χ0n) is 30.5. The van der Waals surface area contributed by atoms with Crippen LogP contribution < -0.4 is 27.0 Å². The van der Waals surface area contributed by atoms with Crippen LogP contribution in [0.3, 0.4) is 0 Å². The highest BCUT2D eigenvalue weighted by Crippen LogP contribution is 2.45. The highest BCUT2D eigenvalue weighted by molar-refractivity contribution is 5.98. The van der Waals surface area contributed by atoms with Crippen LogP contribution in [-0.2, 0) is 32.2 Å². The maximum Gasteiger partial charge on any atom is 0.411 e. The predicted octanol–water partition coefficient (Wildman–Crippen LogP) is 5.85. The molecule has 13 nitrogen and oxygen atoms in total. The Morgan fingerprint density at radius 3 is 1.98 bits per heavy atom. The molecule has 0 bridgehead atoms. The number of nitrogens with one attached hydrogen (secondary N) is 4. The molecule has 1 aliphatic carbocycles. The van der Waals surface area contributed by atoms with Gasteiger partial charge in [-0.3, -0.25) is 14.5 Å². The Hall–Kier alpha value is -6.37. The standard InChI is InChI=1S/C41H46N6O7/c1-26(2)35(47(3)41(52)54-36-32-16-9-7-14-30(32)31-15-8-10-17-33(31)36)38(49)46-34(18-11-23-43-39(42)50)37(48)45-29-21-19-28(20-22-29)25-53-40(51)44-24-27-12-5-4-6-13-27/h4-10,12-17,19-22,26,34-36H,11,18,23-25H2,1-3H3,(H,44,51)(H,45,48)(H,46,49)(H3,42,43,50)/t34-,35-/m0/s1. The van der Waals surface area contributed by atoms with Crippen molar-refractivity contribution in [2.75, 3.05) is 18.9 Å². The lowest BCUT2D eigenvalue weighted by Crippen LogP contribution is -2.55. The third kappa shape index (κ3) is 10.1. The van der Waals surface area contributed by atoms with Crippen LogP contribution in [0.5, 0.6) is 0 Å². The van der Waals surface area contributed by atoms with Gasteiger partial charge in [-0.1, -0.05) is 105 Å². The van der Waals surface area contributed by atoms with Crippen LogP contribution in [0, 0.1) is 5.92 Å². The number of rotatable bonds is 15. The van der Waals surface area contributed by atoms with Crippen LogP contribution in [0.4, 0.5) is 20.1 Å². The molecule has 54 heavy (non-hydrogen) atoms. The van der Waals surface area contributed by atoms with E-state index in [0.29, 0.717) is 24.2 Å². The van der Waals surface area contributed by atoms with Crippen molar-refractivity contribution in [1.29, 1.82) is 0 Å². The first-order valence-corrected chi connectivity index (χ1v) is 17.8. The summed E-state index contributed by atoms with van der Waals surface area (Å²) in [6, 6.07) is 28.9. The number of alkyl carbamates (subject to hydrolysis) is 1. The van der Waals surface area contributed by atoms with Gasteiger partial charge >= 0.3 is 18.2 Å². The molecule has 2 atom stereocenters. The minimum absolute atomic E-state index is 0.0205. The number of carbonyl (C=O) groups excluding carboxylic acids is 5. The molecule has 0 aliphatic heterocycles. The Balaban J connectivity index is 1.21. The van der Waals surface area contributed by atoms with Crippen LogP contribution >= 0.6 is 0 Å². The molecular weight excluding hydrogens is 688 g/mol. The van der Waals surface area contributed by atoms with Gasteiger partial charge < -0.3 is 36.5 Å². The summed E-state index contributed by atoms with van der Waals surface area (Å²) in [7, 11) is 1.50. The lowest BCUT2D eigenvalue weighted by molar-refractivity contribution is -0.131. The zero-order chi connectivity index (χ0) is 38.6. The third-order valence-electron chi connectivity index (χ3n) is 9.07. The summed E-state index contributed by atoms with van der Waals surface area (Å²) in [6.45, 7) is 4.15. The average molecular weight is 735 g/mol. The first-order valence-electron chi connectivity index (χ1n) is 17.8. The molecule has 0 unspecified atom stereocenters. The van der Waals surface area contributed by atoms with E-state index >= 15 is 0 Å². The number of ether oxygens (including phenoxy) is 2. The zero-order valence-corrected chi connectivity index (χ0v) is 30.5. The number of hydrogen-bond donors (Lipinski definition) is 5. The van der Waals surface area contributed by atoms with Gasteiger partial charge in [0.15, 0.2) is 6.10 Å². The minimum Gasteiger partial charge on any atom is -0.445 e. The van der Waals surface area contributed by atoms with Gasteiger partial charge in [-0.05, 0) is 53.1 Å². The second-order valence-electron chi connectivity index (χ2n) is 13.3. The third-order valence-corrected chi connectivity index (χ3v) is 9.07. The molecule has 0 spiro atoms. The first kappa shape index (κ1) is 38.9. The fourth-order valence-corrected chi connectivity index (χ4v) is 6.39. The van der Waals surface area contributed by atoms with Crippen LogP contribution in [0.15, 0.2) is 103 Å². The number of hydrogen-bond acceptors (Lipinski definition) is 7. The molecule has 13 heteroatoms. The molecule has 6 amide bonds. The summed E-state index contributed by atoms with van der Waals surface area (Å²) in [5.74, 6) is -1.39. The van der Waals surface area contributed by atoms with Crippen molar-refractivity contribution in [1.82, 2.24) is 20.9 Å². The molecule has 4 aromatic rings. The van der Waals surface area contributed by atoms with E-state index in [1.807, 2.05) is 78.9 Å². The second kappa shape index (κ2) is 18.4. The lowest BCUT2D eigenvalue weighted by Gasteiger charge is -2.32. The lowest BCUT2D eigenvalue weighted by atomic mass is 10.0. The largest absolute Gasteiger partial charge is 0.445 e. The van der Waals surface area contributed by atoms with E-state index in [-0.39, 0.29) is 25.5 Å². The van der Waals surface area contributed by atoms with Crippen LogP contribution in [0.2, 0.25) is 0 Å². The Morgan fingerprint density at radius 1 is 0.759 bits per heavy atom. The van der Waals surface area contributed by atoms with E-state index in [4.69, 9.17) is 15.2 Å². The molecule has 0 saturated carbocycles. The highest BCUT2D eigenvalue weighted by atomic mass is 16.6. The van der Waals surface area contributed by atoms with E-state index in [2.05, 4.69) is 21.3 Å². The summed E-state index contributed by atoms with van der Waals surface area (Å²) in [5.41, 5.74) is 11.0. The van der Waals surface area contributed by atoms with Crippen LogP contribution in [0.25, 0.3) is 11.1 Å². The summed E-state index contributed by atoms with van der Waals surface area (Å²) >= 11 is 0. The van der Waals surface area contributed by atoms with E-state index in [0.717, 1.165) is 27.8 Å². The van der Waals surface area contributed by atoms with Crippen molar-refractivity contribution in [2.24, 2.45) is 11.7 Å². The number of urea groups is 1. The molecule has 0 saturated heterocycles. The number of likely N-dealkylation sites (N-methyl/N-ethyl adjacent to an activating group) is 1. The molecule has 0 aromatic heterocycles. The maximum absolute atomic E-state index is 13.9. The fraction of sp³-hybridized carbons (Fsp3) is 0.293. The number of carbonyl (C=O) groups is 5. The van der Waals surface area contributed by atoms with Crippen LogP contribution in [0.1, 0.15) is 55.0 Å². The second-order valence-corrected chi connectivity index (χ2v) is 13.3. The Kier molecular flexibility index (Phi) is 13.2. The van der Waals surface area contributed by atoms with E-state index in [1.54, 1.807) is 38.1 Å². The van der Waals surface area contributed by atoms with Crippen molar-refractivity contribution in [3.8, 4) is 11.1 Å². The van der Waals surface area contributed by atoms with Gasteiger partial charge in [0, 0.05) is 37.0 Å². The van der Waals surface area contributed by atoms with Gasteiger partial charge in [-0.15, -0.1) is 0 Å². The number of amides is 6. The maximum atomic E-state index is 13.9. The smallest absolute Gasteiger partial charge is 0.411 e. The molecule has 0 radical (unpaired) electrons. The molecule has 282 valence electrons. The molecule has 5 rings (SSSR count). The highest BCUT2D eigenvalue weighted by Gasteiger charge is 2.37. The van der Waals surface area contributed by atoms with E-state index < -0.39 is 48.2 Å². The summed E-state index contributed by atoms with van der Waals surface area (Å²) in [5, 5.41) is 10.8. The Bertz CT molecular complexity index is 1890. The van der Waals surface area contributed by atoms with Crippen LogP contribution in [-0.4, -0.2) is 60.6 Å². The molecule has 4 aromatic carbocycles. The van der Waals surface area contributed by atoms with Gasteiger partial charge in [0.05, 0.1) is 0 Å². The van der Waals surface area contributed by atoms with Gasteiger partial charge in [0.25, 0.3) is 0 Å². The number of benzene rings is 4. The monoisotopic (exact) mass is 734 g/mol. The first-order chi connectivity index (χ1) is 26.0. The van der Waals surface area contributed by atoms with E-state index in [1.165, 1.54) is 11.9 Å². The van der Waals surface area contributed by atoms with Crippen molar-refractivity contribution in [3.63, 3.8) is 0 Å². The topological polar surface area (TPSA) is 181 Å². The quantitative estimate of drug-likeness (QED) is 0.0951. The van der Waals surface area contributed by atoms with Crippen molar-refractivity contribution in [2.45, 2.75) is 58.0 Å². The normalized spacial score (nSPS) is 12.7. The minimum atomic E-state index is -1.03. The summed E-state index contributed by atoms with van der Waals surface area (Å²) in [6.07, 6.45) is -1.40. The SMILES string of the molecule is CC(C)[C@@H](C(=O)N[C@@H](CCCNC(N)=O)C(=O)Nc1ccc(COC(=O)NCc2ccccc2)cc1)N(C)C(=O)OC1c2ccccc2-c2ccccc21. The number of nitrogens with zero attached hydrogens (tertiary/aromatic N) is 1. The van der Waals surface area contributed by atoms with Gasteiger partial charge in [-0.2, -0.15) is 0 Å². The summed E-state index contributed by atoms with van der Waals surface area (Å²) in [4.78, 5) is 65.8. The molecule has 1 aliphatic rings. The van der Waals surface area contributed by atoms with Gasteiger partial charge in [0.2, 0.25) is 11.8 Å². The molecule has 6 N–H and O–H groups in total. The van der Waals surface area contributed by atoms with Crippen molar-refractivity contribution < 1.29 is 33.4 Å². The van der Waals surface area contributed by atoms with Crippen molar-refractivity contribution >= 4 is 35.7 Å².